The van der Waals surface area contributed by atoms with Crippen molar-refractivity contribution < 1.29 is 18.8 Å². The van der Waals surface area contributed by atoms with E-state index in [1.807, 2.05) is 6.07 Å². The first-order chi connectivity index (χ1) is 12.2. The highest BCUT2D eigenvalue weighted by Crippen LogP contribution is 2.31. The van der Waals surface area contributed by atoms with Gasteiger partial charge in [-0.3, -0.25) is 4.79 Å². The normalized spacial score (nSPS) is 15.0. The summed E-state index contributed by atoms with van der Waals surface area (Å²) in [7, 11) is 3.16. The van der Waals surface area contributed by atoms with E-state index in [0.717, 1.165) is 31.2 Å². The number of nitrogens with one attached hydrogen (secondary N) is 1. The molecule has 1 amide bonds. The van der Waals surface area contributed by atoms with Crippen molar-refractivity contribution in [3.05, 3.63) is 24.1 Å². The van der Waals surface area contributed by atoms with Gasteiger partial charge in [-0.15, -0.1) is 0 Å². The zero-order chi connectivity index (χ0) is 17.6. The second-order valence-electron chi connectivity index (χ2n) is 6.13. The molecule has 7 heteroatoms. The van der Waals surface area contributed by atoms with Crippen LogP contribution in [0.2, 0.25) is 0 Å². The lowest BCUT2D eigenvalue weighted by molar-refractivity contribution is -0.126. The van der Waals surface area contributed by atoms with Gasteiger partial charge in [-0.1, -0.05) is 24.4 Å². The van der Waals surface area contributed by atoms with Gasteiger partial charge in [-0.2, -0.15) is 4.98 Å². The molecule has 1 N–H and O–H groups in total. The summed E-state index contributed by atoms with van der Waals surface area (Å²) in [6.07, 6.45) is 5.41. The maximum absolute atomic E-state index is 12.2. The van der Waals surface area contributed by atoms with E-state index in [1.165, 1.54) is 6.42 Å². The number of hydrogen-bond donors (Lipinski definition) is 1. The summed E-state index contributed by atoms with van der Waals surface area (Å²) in [4.78, 5) is 16.5. The topological polar surface area (TPSA) is 86.5 Å². The Morgan fingerprint density at radius 3 is 2.68 bits per heavy atom. The van der Waals surface area contributed by atoms with Crippen molar-refractivity contribution in [2.24, 2.45) is 5.92 Å². The van der Waals surface area contributed by atoms with Crippen LogP contribution in [-0.2, 0) is 11.3 Å². The molecule has 1 aromatic heterocycles. The number of benzene rings is 1. The number of ether oxygens (including phenoxy) is 2. The average molecular weight is 345 g/mol. The molecule has 7 nitrogen and oxygen atoms in total. The van der Waals surface area contributed by atoms with Gasteiger partial charge in [0.25, 0.3) is 0 Å². The first kappa shape index (κ1) is 17.3. The second-order valence-corrected chi connectivity index (χ2v) is 6.13. The van der Waals surface area contributed by atoms with Crippen molar-refractivity contribution in [1.82, 2.24) is 15.5 Å². The molecular weight excluding hydrogens is 322 g/mol. The van der Waals surface area contributed by atoms with Crippen LogP contribution >= 0.6 is 0 Å². The predicted molar refractivity (Wildman–Crippen MR) is 91.3 cm³/mol. The fourth-order valence-corrected chi connectivity index (χ4v) is 3.09. The SMILES string of the molecule is COc1ccc(-c2noc(CNC(=O)C3CCCCC3)n2)cc1OC. The Hall–Kier alpha value is -2.57. The smallest absolute Gasteiger partial charge is 0.246 e. The van der Waals surface area contributed by atoms with Gasteiger partial charge in [0.2, 0.25) is 17.6 Å². The Bertz CT molecular complexity index is 723. The lowest BCUT2D eigenvalue weighted by atomic mass is 9.89. The molecule has 3 rings (SSSR count). The number of rotatable bonds is 6. The third kappa shape index (κ3) is 4.10. The molecule has 1 saturated carbocycles. The van der Waals surface area contributed by atoms with Crippen molar-refractivity contribution in [2.45, 2.75) is 38.6 Å². The highest BCUT2D eigenvalue weighted by atomic mass is 16.5. The molecule has 1 aliphatic rings. The fraction of sp³-hybridized carbons (Fsp3) is 0.500. The third-order valence-corrected chi connectivity index (χ3v) is 4.50. The Labute approximate surface area is 146 Å². The molecule has 0 saturated heterocycles. The Morgan fingerprint density at radius 2 is 1.96 bits per heavy atom. The van der Waals surface area contributed by atoms with Crippen LogP contribution in [0.1, 0.15) is 38.0 Å². The standard InChI is InChI=1S/C18H23N3O4/c1-23-14-9-8-13(10-15(14)24-2)17-20-16(25-21-17)11-19-18(22)12-6-4-3-5-7-12/h8-10,12H,3-7,11H2,1-2H3,(H,19,22). The summed E-state index contributed by atoms with van der Waals surface area (Å²) < 4.78 is 15.7. The van der Waals surface area contributed by atoms with Gasteiger partial charge in [0, 0.05) is 11.5 Å². The average Bonchev–Trinajstić information content (AvgIpc) is 3.15. The van der Waals surface area contributed by atoms with Crippen molar-refractivity contribution in [2.75, 3.05) is 14.2 Å². The molecule has 0 aliphatic heterocycles. The molecule has 0 spiro atoms. The van der Waals surface area contributed by atoms with Crippen LogP contribution in [0.3, 0.4) is 0 Å². The molecule has 1 aliphatic carbocycles. The maximum Gasteiger partial charge on any atom is 0.246 e. The largest absolute Gasteiger partial charge is 0.493 e. The third-order valence-electron chi connectivity index (χ3n) is 4.50. The Balaban J connectivity index is 1.63. The summed E-state index contributed by atoms with van der Waals surface area (Å²) >= 11 is 0. The van der Waals surface area contributed by atoms with Gasteiger partial charge in [0.05, 0.1) is 20.8 Å². The summed E-state index contributed by atoms with van der Waals surface area (Å²) in [5.41, 5.74) is 0.756. The van der Waals surface area contributed by atoms with E-state index in [-0.39, 0.29) is 18.4 Å². The molecule has 0 radical (unpaired) electrons. The van der Waals surface area contributed by atoms with Crippen molar-refractivity contribution >= 4 is 5.91 Å². The molecule has 0 bridgehead atoms. The zero-order valence-electron chi connectivity index (χ0n) is 14.6. The quantitative estimate of drug-likeness (QED) is 0.866. The van der Waals surface area contributed by atoms with Crippen LogP contribution in [0.25, 0.3) is 11.4 Å². The summed E-state index contributed by atoms with van der Waals surface area (Å²) in [6, 6.07) is 5.40. The number of nitrogens with zero attached hydrogens (tertiary/aromatic N) is 2. The number of aromatic nitrogens is 2. The summed E-state index contributed by atoms with van der Waals surface area (Å²) in [5.74, 6) is 2.25. The molecule has 25 heavy (non-hydrogen) atoms. The molecule has 1 heterocycles. The number of carbonyl (C=O) groups excluding carboxylic acids is 1. The van der Waals surface area contributed by atoms with Gasteiger partial charge in [0.15, 0.2) is 11.5 Å². The van der Waals surface area contributed by atoms with E-state index in [1.54, 1.807) is 26.4 Å². The highest BCUT2D eigenvalue weighted by molar-refractivity contribution is 5.78. The lowest BCUT2D eigenvalue weighted by Gasteiger charge is -2.20. The minimum absolute atomic E-state index is 0.0746. The fourth-order valence-electron chi connectivity index (χ4n) is 3.09. The summed E-state index contributed by atoms with van der Waals surface area (Å²) in [5, 5.41) is 6.87. The molecule has 1 fully saturated rings. The Kier molecular flexibility index (Phi) is 5.53. The summed E-state index contributed by atoms with van der Waals surface area (Å²) in [6.45, 7) is 0.246. The number of methoxy groups -OCH3 is 2. The first-order valence-electron chi connectivity index (χ1n) is 8.54. The first-order valence-corrected chi connectivity index (χ1v) is 8.54. The van der Waals surface area contributed by atoms with E-state index in [0.29, 0.717) is 23.2 Å². The second kappa shape index (κ2) is 8.00. The van der Waals surface area contributed by atoms with Crippen molar-refractivity contribution in [1.29, 1.82) is 0 Å². The predicted octanol–water partition coefficient (Wildman–Crippen LogP) is 2.95. The monoisotopic (exact) mass is 345 g/mol. The number of carbonyl (C=O) groups is 1. The van der Waals surface area contributed by atoms with Gasteiger partial charge < -0.3 is 19.3 Å². The molecule has 0 atom stereocenters. The van der Waals surface area contributed by atoms with Crippen LogP contribution < -0.4 is 14.8 Å². The minimum Gasteiger partial charge on any atom is -0.493 e. The number of amides is 1. The Morgan fingerprint density at radius 1 is 1.20 bits per heavy atom. The molecule has 134 valence electrons. The van der Waals surface area contributed by atoms with Gasteiger partial charge >= 0.3 is 0 Å². The van der Waals surface area contributed by atoms with Crippen LogP contribution in [0.5, 0.6) is 11.5 Å². The van der Waals surface area contributed by atoms with Crippen LogP contribution in [0.4, 0.5) is 0 Å². The number of hydrogen-bond acceptors (Lipinski definition) is 6. The minimum atomic E-state index is 0.0746. The van der Waals surface area contributed by atoms with E-state index in [9.17, 15) is 4.79 Å². The van der Waals surface area contributed by atoms with Crippen molar-refractivity contribution in [3.63, 3.8) is 0 Å². The van der Waals surface area contributed by atoms with Crippen LogP contribution in [-0.4, -0.2) is 30.3 Å². The molecule has 2 aromatic rings. The molecular formula is C18H23N3O4. The van der Waals surface area contributed by atoms with Crippen molar-refractivity contribution in [3.8, 4) is 22.9 Å². The maximum atomic E-state index is 12.2. The van der Waals surface area contributed by atoms with E-state index in [4.69, 9.17) is 14.0 Å². The van der Waals surface area contributed by atoms with Crippen LogP contribution in [0, 0.1) is 5.92 Å². The molecule has 0 unspecified atom stereocenters. The zero-order valence-corrected chi connectivity index (χ0v) is 14.6. The van der Waals surface area contributed by atoms with Crippen LogP contribution in [0.15, 0.2) is 22.7 Å². The van der Waals surface area contributed by atoms with E-state index >= 15 is 0 Å². The van der Waals surface area contributed by atoms with E-state index < -0.39 is 0 Å². The lowest BCUT2D eigenvalue weighted by Crippen LogP contribution is -2.31. The molecule has 1 aromatic carbocycles. The van der Waals surface area contributed by atoms with Gasteiger partial charge in [-0.05, 0) is 31.0 Å². The van der Waals surface area contributed by atoms with Gasteiger partial charge in [-0.25, -0.2) is 0 Å². The van der Waals surface area contributed by atoms with E-state index in [2.05, 4.69) is 15.5 Å². The van der Waals surface area contributed by atoms with Gasteiger partial charge in [0.1, 0.15) is 0 Å². The highest BCUT2D eigenvalue weighted by Gasteiger charge is 2.21.